The maximum absolute atomic E-state index is 12.6. The van der Waals surface area contributed by atoms with Gasteiger partial charge in [0.15, 0.2) is 0 Å². The van der Waals surface area contributed by atoms with Gasteiger partial charge in [0.25, 0.3) is 0 Å². The summed E-state index contributed by atoms with van der Waals surface area (Å²) in [6.07, 6.45) is -1.04. The molecule has 1 unspecified atom stereocenters. The lowest BCUT2D eigenvalue weighted by molar-refractivity contribution is -0.137. The van der Waals surface area contributed by atoms with E-state index >= 15 is 0 Å². The highest BCUT2D eigenvalue weighted by atomic mass is 19.4. The number of fused-ring (bicyclic) bond motifs is 1. The summed E-state index contributed by atoms with van der Waals surface area (Å²) in [7, 11) is 0. The van der Waals surface area contributed by atoms with E-state index in [-0.39, 0.29) is 5.69 Å². The summed E-state index contributed by atoms with van der Waals surface area (Å²) in [5.41, 5.74) is 6.66. The van der Waals surface area contributed by atoms with E-state index in [4.69, 9.17) is 10.5 Å². The maximum atomic E-state index is 12.6. The van der Waals surface area contributed by atoms with Crippen LogP contribution < -0.4 is 15.8 Å². The molecule has 4 rings (SSSR count). The molecule has 4 aromatic rings. The number of anilines is 1. The molecule has 0 spiro atoms. The van der Waals surface area contributed by atoms with Gasteiger partial charge in [0.2, 0.25) is 5.91 Å². The molecular weight excluding hydrogens is 409 g/mol. The van der Waals surface area contributed by atoms with Crippen molar-refractivity contribution in [1.82, 2.24) is 9.97 Å². The van der Waals surface area contributed by atoms with Crippen LogP contribution in [0.4, 0.5) is 18.9 Å². The van der Waals surface area contributed by atoms with E-state index < -0.39 is 23.7 Å². The number of carbonyl (C=O) groups excluding carboxylic acids is 1. The van der Waals surface area contributed by atoms with Crippen LogP contribution in [0.1, 0.15) is 17.2 Å². The Morgan fingerprint density at radius 3 is 2.42 bits per heavy atom. The second kappa shape index (κ2) is 8.11. The van der Waals surface area contributed by atoms with Gasteiger partial charge in [-0.1, -0.05) is 12.1 Å². The smallest absolute Gasteiger partial charge is 0.416 e. The van der Waals surface area contributed by atoms with E-state index in [1.807, 2.05) is 6.07 Å². The topological polar surface area (TPSA) is 93.0 Å². The number of rotatable bonds is 5. The van der Waals surface area contributed by atoms with Crippen LogP contribution in [-0.2, 0) is 11.0 Å². The number of hydrogen-bond donors (Lipinski definition) is 3. The number of H-pyrrole nitrogens is 1. The summed E-state index contributed by atoms with van der Waals surface area (Å²) in [5, 5.41) is 3.35. The minimum absolute atomic E-state index is 0.224. The predicted molar refractivity (Wildman–Crippen MR) is 110 cm³/mol. The lowest BCUT2D eigenvalue weighted by atomic mass is 10.1. The molecule has 1 amide bonds. The zero-order chi connectivity index (χ0) is 22.0. The van der Waals surface area contributed by atoms with Gasteiger partial charge >= 0.3 is 6.18 Å². The molecule has 0 aliphatic rings. The van der Waals surface area contributed by atoms with Gasteiger partial charge in [-0.3, -0.25) is 4.79 Å². The minimum atomic E-state index is -4.44. The fourth-order valence-corrected chi connectivity index (χ4v) is 3.01. The molecule has 9 heteroatoms. The van der Waals surface area contributed by atoms with Crippen LogP contribution >= 0.6 is 0 Å². The fourth-order valence-electron chi connectivity index (χ4n) is 3.01. The van der Waals surface area contributed by atoms with Crippen molar-refractivity contribution in [1.29, 1.82) is 0 Å². The summed E-state index contributed by atoms with van der Waals surface area (Å²) in [6, 6.07) is 13.4. The molecule has 0 aliphatic heterocycles. The summed E-state index contributed by atoms with van der Waals surface area (Å²) in [4.78, 5) is 19.6. The van der Waals surface area contributed by atoms with Crippen LogP contribution in [-0.4, -0.2) is 15.9 Å². The summed E-state index contributed by atoms with van der Waals surface area (Å²) >= 11 is 0. The van der Waals surface area contributed by atoms with Crippen molar-refractivity contribution in [2.45, 2.75) is 12.2 Å². The second-order valence-electron chi connectivity index (χ2n) is 6.76. The largest absolute Gasteiger partial charge is 0.457 e. The molecule has 2 heterocycles. The second-order valence-corrected chi connectivity index (χ2v) is 6.76. The van der Waals surface area contributed by atoms with E-state index in [9.17, 15) is 18.0 Å². The van der Waals surface area contributed by atoms with Crippen molar-refractivity contribution in [3.63, 3.8) is 0 Å². The minimum Gasteiger partial charge on any atom is -0.457 e. The highest BCUT2D eigenvalue weighted by Gasteiger charge is 2.30. The van der Waals surface area contributed by atoms with Crippen molar-refractivity contribution in [3.05, 3.63) is 84.2 Å². The van der Waals surface area contributed by atoms with Gasteiger partial charge < -0.3 is 20.8 Å². The van der Waals surface area contributed by atoms with Crippen molar-refractivity contribution < 1.29 is 22.7 Å². The Balaban J connectivity index is 1.42. The quantitative estimate of drug-likeness (QED) is 0.418. The number of halogens is 3. The average Bonchev–Trinajstić information content (AvgIpc) is 3.23. The monoisotopic (exact) mass is 426 g/mol. The van der Waals surface area contributed by atoms with Gasteiger partial charge in [0.1, 0.15) is 23.2 Å². The Labute approximate surface area is 174 Å². The number of carbonyl (C=O) groups is 1. The van der Waals surface area contributed by atoms with Gasteiger partial charge in [-0.15, -0.1) is 0 Å². The molecule has 31 heavy (non-hydrogen) atoms. The number of pyridine rings is 1. The zero-order valence-electron chi connectivity index (χ0n) is 16.0. The molecule has 0 aliphatic carbocycles. The van der Waals surface area contributed by atoms with Gasteiger partial charge in [-0.2, -0.15) is 13.2 Å². The molecule has 0 fully saturated rings. The molecule has 2 aromatic heterocycles. The fraction of sp³-hybridized carbons (Fsp3) is 0.0909. The highest BCUT2D eigenvalue weighted by Crippen LogP contribution is 2.31. The number of hydrogen-bond acceptors (Lipinski definition) is 4. The lowest BCUT2D eigenvalue weighted by Crippen LogP contribution is -2.27. The number of aromatic nitrogens is 2. The first-order valence-electron chi connectivity index (χ1n) is 9.25. The van der Waals surface area contributed by atoms with Crippen molar-refractivity contribution in [2.24, 2.45) is 5.73 Å². The molecule has 1 atom stereocenters. The van der Waals surface area contributed by atoms with Gasteiger partial charge in [0, 0.05) is 18.1 Å². The maximum Gasteiger partial charge on any atom is 0.416 e. The molecule has 0 saturated heterocycles. The lowest BCUT2D eigenvalue weighted by Gasteiger charge is -2.14. The molecule has 2 aromatic carbocycles. The van der Waals surface area contributed by atoms with E-state index in [1.165, 1.54) is 12.1 Å². The SMILES string of the molecule is NC(C(=O)Nc1ccc(C(F)(F)F)cc1)c1ccc(Oc2ccnc3[nH]ccc23)cc1. The van der Waals surface area contributed by atoms with Crippen LogP contribution in [0.5, 0.6) is 11.5 Å². The Hall–Kier alpha value is -3.85. The molecule has 0 saturated carbocycles. The van der Waals surface area contributed by atoms with Crippen molar-refractivity contribution in [2.75, 3.05) is 5.32 Å². The van der Waals surface area contributed by atoms with Crippen molar-refractivity contribution in [3.8, 4) is 11.5 Å². The number of nitrogens with zero attached hydrogens (tertiary/aromatic N) is 1. The van der Waals surface area contributed by atoms with Crippen LogP contribution in [0, 0.1) is 0 Å². The highest BCUT2D eigenvalue weighted by molar-refractivity contribution is 5.95. The van der Waals surface area contributed by atoms with Gasteiger partial charge in [0.05, 0.1) is 10.9 Å². The Morgan fingerprint density at radius 1 is 1.03 bits per heavy atom. The number of aromatic amines is 1. The number of amides is 1. The molecule has 4 N–H and O–H groups in total. The molecule has 0 bridgehead atoms. The molecule has 158 valence electrons. The first-order valence-corrected chi connectivity index (χ1v) is 9.25. The third kappa shape index (κ3) is 4.51. The summed E-state index contributed by atoms with van der Waals surface area (Å²) < 4.78 is 43.8. The molecule has 0 radical (unpaired) electrons. The van der Waals surface area contributed by atoms with Crippen LogP contribution in [0.25, 0.3) is 11.0 Å². The number of ether oxygens (including phenoxy) is 1. The predicted octanol–water partition coefficient (Wildman–Crippen LogP) is 5.01. The van der Waals surface area contributed by atoms with Crippen molar-refractivity contribution >= 4 is 22.6 Å². The standard InChI is InChI=1S/C22H17F3N4O2/c23-22(24,25)14-3-5-15(6-4-14)29-21(30)19(26)13-1-7-16(8-2-13)31-18-10-12-28-20-17(18)9-11-27-20/h1-12,19H,26H2,(H,27,28)(H,29,30). The molecular formula is C22H17F3N4O2. The third-order valence-electron chi connectivity index (χ3n) is 4.65. The number of nitrogens with two attached hydrogens (primary N) is 1. The Kier molecular flexibility index (Phi) is 5.35. The van der Waals surface area contributed by atoms with Crippen LogP contribution in [0.2, 0.25) is 0 Å². The van der Waals surface area contributed by atoms with E-state index in [0.29, 0.717) is 22.7 Å². The van der Waals surface area contributed by atoms with Gasteiger partial charge in [-0.25, -0.2) is 4.98 Å². The first-order chi connectivity index (χ1) is 14.8. The van der Waals surface area contributed by atoms with E-state index in [2.05, 4.69) is 15.3 Å². The number of nitrogens with one attached hydrogen (secondary N) is 2. The first kappa shape index (κ1) is 20.4. The summed E-state index contributed by atoms with van der Waals surface area (Å²) in [5.74, 6) is 0.632. The average molecular weight is 426 g/mol. The third-order valence-corrected chi connectivity index (χ3v) is 4.65. The van der Waals surface area contributed by atoms with Crippen LogP contribution in [0.15, 0.2) is 73.1 Å². The normalized spacial score (nSPS) is 12.5. The van der Waals surface area contributed by atoms with Gasteiger partial charge in [-0.05, 0) is 54.1 Å². The number of alkyl halides is 3. The Morgan fingerprint density at radius 2 is 1.74 bits per heavy atom. The Bertz CT molecular complexity index is 1200. The number of benzene rings is 2. The zero-order valence-corrected chi connectivity index (χ0v) is 16.0. The van der Waals surface area contributed by atoms with E-state index in [0.717, 1.165) is 17.5 Å². The summed E-state index contributed by atoms with van der Waals surface area (Å²) in [6.45, 7) is 0. The molecule has 6 nitrogen and oxygen atoms in total. The van der Waals surface area contributed by atoms with Crippen LogP contribution in [0.3, 0.4) is 0 Å². The van der Waals surface area contributed by atoms with E-state index in [1.54, 1.807) is 42.7 Å².